The maximum atomic E-state index is 11.3. The molecule has 76 valence electrons. The van der Waals surface area contributed by atoms with Gasteiger partial charge in [-0.25, -0.2) is 0 Å². The standard InChI is InChI=1S/C10H16OS.CH4/c1-7(2)6-10-8(3)9(11)4-5-12-10;/h7H,4-6H2,1-3H3;1H4. The van der Waals surface area contributed by atoms with Gasteiger partial charge in [-0.3, -0.25) is 4.79 Å². The SMILES string of the molecule is C.CC1=C(CC(C)C)SCCC1=O. The summed E-state index contributed by atoms with van der Waals surface area (Å²) in [5.74, 6) is 2.00. The van der Waals surface area contributed by atoms with Crippen LogP contribution >= 0.6 is 11.8 Å². The van der Waals surface area contributed by atoms with Crippen LogP contribution in [0, 0.1) is 5.92 Å². The van der Waals surface area contributed by atoms with Gasteiger partial charge < -0.3 is 0 Å². The molecule has 0 radical (unpaired) electrons. The van der Waals surface area contributed by atoms with E-state index in [0.29, 0.717) is 11.7 Å². The Labute approximate surface area is 86.0 Å². The first-order valence-corrected chi connectivity index (χ1v) is 5.45. The third-order valence-electron chi connectivity index (χ3n) is 2.04. The molecule has 0 aliphatic carbocycles. The van der Waals surface area contributed by atoms with Crippen molar-refractivity contribution < 1.29 is 4.79 Å². The number of allylic oxidation sites excluding steroid dienone is 2. The fraction of sp³-hybridized carbons (Fsp3) is 0.727. The van der Waals surface area contributed by atoms with Gasteiger partial charge in [0.25, 0.3) is 0 Å². The predicted molar refractivity (Wildman–Crippen MR) is 61.0 cm³/mol. The first-order chi connectivity index (χ1) is 5.61. The summed E-state index contributed by atoms with van der Waals surface area (Å²) in [7, 11) is 0. The zero-order valence-electron chi connectivity index (χ0n) is 8.02. The van der Waals surface area contributed by atoms with Crippen LogP contribution in [0.1, 0.15) is 41.0 Å². The van der Waals surface area contributed by atoms with E-state index in [-0.39, 0.29) is 7.43 Å². The highest BCUT2D eigenvalue weighted by molar-refractivity contribution is 8.03. The number of thioether (sulfide) groups is 1. The van der Waals surface area contributed by atoms with Gasteiger partial charge in [0.2, 0.25) is 0 Å². The highest BCUT2D eigenvalue weighted by Gasteiger charge is 2.17. The summed E-state index contributed by atoms with van der Waals surface area (Å²) in [6.45, 7) is 6.35. The minimum absolute atomic E-state index is 0. The van der Waals surface area contributed by atoms with Crippen LogP contribution in [-0.2, 0) is 4.79 Å². The second-order valence-electron chi connectivity index (χ2n) is 3.67. The molecule has 0 N–H and O–H groups in total. The van der Waals surface area contributed by atoms with Crippen molar-refractivity contribution in [1.29, 1.82) is 0 Å². The Morgan fingerprint density at radius 3 is 2.62 bits per heavy atom. The molecule has 1 aliphatic rings. The summed E-state index contributed by atoms with van der Waals surface area (Å²) >= 11 is 1.86. The molecular formula is C11H20OS. The third-order valence-corrected chi connectivity index (χ3v) is 3.27. The molecule has 13 heavy (non-hydrogen) atoms. The molecule has 0 saturated heterocycles. The van der Waals surface area contributed by atoms with Crippen molar-refractivity contribution in [3.8, 4) is 0 Å². The lowest BCUT2D eigenvalue weighted by Gasteiger charge is -2.17. The van der Waals surface area contributed by atoms with E-state index in [1.54, 1.807) is 0 Å². The number of carbonyl (C=O) groups is 1. The van der Waals surface area contributed by atoms with Crippen molar-refractivity contribution in [2.24, 2.45) is 5.92 Å². The average Bonchev–Trinajstić information content (AvgIpc) is 1.98. The molecule has 1 heterocycles. The number of hydrogen-bond donors (Lipinski definition) is 0. The molecule has 2 heteroatoms. The van der Waals surface area contributed by atoms with Crippen LogP contribution < -0.4 is 0 Å². The van der Waals surface area contributed by atoms with Gasteiger partial charge in [0.05, 0.1) is 0 Å². The van der Waals surface area contributed by atoms with Gasteiger partial charge in [0.1, 0.15) is 0 Å². The summed E-state index contributed by atoms with van der Waals surface area (Å²) in [6.07, 6.45) is 1.81. The van der Waals surface area contributed by atoms with Crippen molar-refractivity contribution in [3.05, 3.63) is 10.5 Å². The highest BCUT2D eigenvalue weighted by atomic mass is 32.2. The molecule has 1 nitrogen and oxygen atoms in total. The van der Waals surface area contributed by atoms with Crippen LogP contribution in [-0.4, -0.2) is 11.5 Å². The van der Waals surface area contributed by atoms with Crippen LogP contribution in [0.25, 0.3) is 0 Å². The van der Waals surface area contributed by atoms with E-state index in [1.807, 2.05) is 18.7 Å². The van der Waals surface area contributed by atoms with Crippen molar-refractivity contribution >= 4 is 17.5 Å². The Morgan fingerprint density at radius 1 is 1.46 bits per heavy atom. The summed E-state index contributed by atoms with van der Waals surface area (Å²) in [6, 6.07) is 0. The second-order valence-corrected chi connectivity index (χ2v) is 4.86. The van der Waals surface area contributed by atoms with Crippen LogP contribution in [0.5, 0.6) is 0 Å². The lowest BCUT2D eigenvalue weighted by molar-refractivity contribution is -0.115. The molecule has 0 aromatic carbocycles. The number of carbonyl (C=O) groups excluding carboxylic acids is 1. The predicted octanol–water partition coefficient (Wildman–Crippen LogP) is 3.65. The minimum Gasteiger partial charge on any atom is -0.295 e. The third kappa shape index (κ3) is 3.55. The summed E-state index contributed by atoms with van der Waals surface area (Å²) < 4.78 is 0. The Hall–Kier alpha value is -0.240. The zero-order valence-corrected chi connectivity index (χ0v) is 8.83. The van der Waals surface area contributed by atoms with Gasteiger partial charge in [0.15, 0.2) is 5.78 Å². The van der Waals surface area contributed by atoms with E-state index in [4.69, 9.17) is 0 Å². The molecule has 1 aliphatic heterocycles. The quantitative estimate of drug-likeness (QED) is 0.677. The lowest BCUT2D eigenvalue weighted by atomic mass is 10.0. The van der Waals surface area contributed by atoms with E-state index in [0.717, 1.165) is 24.2 Å². The smallest absolute Gasteiger partial charge is 0.160 e. The summed E-state index contributed by atoms with van der Waals surface area (Å²) in [4.78, 5) is 12.6. The Kier molecular flexibility index (Phi) is 5.38. The monoisotopic (exact) mass is 200 g/mol. The lowest BCUT2D eigenvalue weighted by Crippen LogP contribution is -2.10. The first-order valence-electron chi connectivity index (χ1n) is 4.47. The van der Waals surface area contributed by atoms with Gasteiger partial charge in [-0.1, -0.05) is 21.3 Å². The molecule has 0 atom stereocenters. The number of Topliss-reactive ketones (excluding diaryl/α,β-unsaturated/α-hetero) is 1. The van der Waals surface area contributed by atoms with Gasteiger partial charge in [-0.2, -0.15) is 0 Å². The molecule has 0 fully saturated rings. The van der Waals surface area contributed by atoms with Crippen molar-refractivity contribution in [1.82, 2.24) is 0 Å². The van der Waals surface area contributed by atoms with E-state index in [1.165, 1.54) is 4.91 Å². The minimum atomic E-state index is 0. The normalized spacial score (nSPS) is 17.7. The van der Waals surface area contributed by atoms with E-state index < -0.39 is 0 Å². The Balaban J connectivity index is 0.00000144. The highest BCUT2D eigenvalue weighted by Crippen LogP contribution is 2.32. The molecule has 1 rings (SSSR count). The van der Waals surface area contributed by atoms with E-state index in [2.05, 4.69) is 13.8 Å². The van der Waals surface area contributed by atoms with Crippen LogP contribution in [0.3, 0.4) is 0 Å². The van der Waals surface area contributed by atoms with Gasteiger partial charge in [-0.05, 0) is 24.2 Å². The topological polar surface area (TPSA) is 17.1 Å². The fourth-order valence-corrected chi connectivity index (χ4v) is 2.62. The van der Waals surface area contributed by atoms with E-state index in [9.17, 15) is 4.79 Å². The van der Waals surface area contributed by atoms with Crippen LogP contribution in [0.4, 0.5) is 0 Å². The molecule has 0 spiro atoms. The summed E-state index contributed by atoms with van der Waals surface area (Å²) in [5.41, 5.74) is 1.01. The molecule has 0 aromatic rings. The van der Waals surface area contributed by atoms with Gasteiger partial charge in [-0.15, -0.1) is 11.8 Å². The number of hydrogen-bond acceptors (Lipinski definition) is 2. The first kappa shape index (κ1) is 12.8. The van der Waals surface area contributed by atoms with E-state index >= 15 is 0 Å². The maximum absolute atomic E-state index is 11.3. The van der Waals surface area contributed by atoms with Crippen molar-refractivity contribution in [3.63, 3.8) is 0 Å². The Morgan fingerprint density at radius 2 is 2.08 bits per heavy atom. The molecule has 0 aromatic heterocycles. The van der Waals surface area contributed by atoms with Crippen molar-refractivity contribution in [2.75, 3.05) is 5.75 Å². The second kappa shape index (κ2) is 5.48. The maximum Gasteiger partial charge on any atom is 0.160 e. The van der Waals surface area contributed by atoms with Crippen LogP contribution in [0.15, 0.2) is 10.5 Å². The van der Waals surface area contributed by atoms with Crippen molar-refractivity contribution in [2.45, 2.75) is 41.0 Å². The zero-order chi connectivity index (χ0) is 9.14. The molecule has 0 saturated carbocycles. The van der Waals surface area contributed by atoms with Gasteiger partial charge in [0, 0.05) is 17.7 Å². The van der Waals surface area contributed by atoms with Gasteiger partial charge >= 0.3 is 0 Å². The fourth-order valence-electron chi connectivity index (χ4n) is 1.30. The summed E-state index contributed by atoms with van der Waals surface area (Å²) in [5, 5.41) is 0. The number of rotatable bonds is 2. The number of ketones is 1. The average molecular weight is 200 g/mol. The molecule has 0 amide bonds. The molecule has 0 unspecified atom stereocenters. The largest absolute Gasteiger partial charge is 0.295 e. The van der Waals surface area contributed by atoms with Crippen LogP contribution in [0.2, 0.25) is 0 Å². The Bertz CT molecular complexity index is 216. The molecular weight excluding hydrogens is 180 g/mol. The molecule has 0 bridgehead atoms.